The van der Waals surface area contributed by atoms with E-state index in [1.54, 1.807) is 10.9 Å². The van der Waals surface area contributed by atoms with Crippen LogP contribution in [0.5, 0.6) is 0 Å². The summed E-state index contributed by atoms with van der Waals surface area (Å²) in [5.74, 6) is 0.101. The molecule has 0 fully saturated rings. The van der Waals surface area contributed by atoms with Crippen molar-refractivity contribution >= 4 is 5.88 Å². The smallest absolute Gasteiger partial charge is 0.222 e. The Morgan fingerprint density at radius 1 is 1.78 bits per heavy atom. The van der Waals surface area contributed by atoms with Gasteiger partial charge in [0, 0.05) is 0 Å². The van der Waals surface area contributed by atoms with Crippen molar-refractivity contribution in [2.45, 2.75) is 19.9 Å². The van der Waals surface area contributed by atoms with Gasteiger partial charge in [0.15, 0.2) is 11.3 Å². The zero-order valence-electron chi connectivity index (χ0n) is 5.46. The second kappa shape index (κ2) is 2.05. The van der Waals surface area contributed by atoms with Gasteiger partial charge >= 0.3 is 0 Å². The first-order valence-corrected chi connectivity index (χ1v) is 2.80. The SMILES string of the molecule is CC(C)[n+]1cc([NH-])on1. The molecule has 1 aromatic rings. The zero-order chi connectivity index (χ0) is 6.85. The highest BCUT2D eigenvalue weighted by atomic mass is 16.5. The summed E-state index contributed by atoms with van der Waals surface area (Å²) in [7, 11) is 0. The molecule has 4 heteroatoms. The molecule has 0 bridgehead atoms. The largest absolute Gasteiger partial charge is 0.660 e. The van der Waals surface area contributed by atoms with E-state index in [2.05, 4.69) is 9.79 Å². The molecule has 0 aromatic carbocycles. The van der Waals surface area contributed by atoms with E-state index in [0.29, 0.717) is 0 Å². The fourth-order valence-electron chi connectivity index (χ4n) is 0.502. The molecule has 50 valence electrons. The monoisotopic (exact) mass is 127 g/mol. The van der Waals surface area contributed by atoms with Crippen LogP contribution in [0.2, 0.25) is 0 Å². The van der Waals surface area contributed by atoms with Crippen molar-refractivity contribution in [1.82, 2.24) is 5.27 Å². The van der Waals surface area contributed by atoms with Crippen LogP contribution in [-0.4, -0.2) is 5.27 Å². The highest BCUT2D eigenvalue weighted by molar-refractivity contribution is 5.19. The lowest BCUT2D eigenvalue weighted by molar-refractivity contribution is -0.779. The van der Waals surface area contributed by atoms with Gasteiger partial charge in [0.25, 0.3) is 0 Å². The average molecular weight is 127 g/mol. The molecule has 0 spiro atoms. The van der Waals surface area contributed by atoms with Gasteiger partial charge in [0.2, 0.25) is 6.20 Å². The third kappa shape index (κ3) is 1.19. The predicted octanol–water partition coefficient (Wildman–Crippen LogP) is 1.23. The topological polar surface area (TPSA) is 53.7 Å². The summed E-state index contributed by atoms with van der Waals surface area (Å²) in [5.41, 5.74) is 6.96. The second-order valence-corrected chi connectivity index (χ2v) is 2.14. The molecule has 9 heavy (non-hydrogen) atoms. The lowest BCUT2D eigenvalue weighted by Crippen LogP contribution is -2.36. The molecule has 0 atom stereocenters. The fraction of sp³-hybridized carbons (Fsp3) is 0.600. The molecular weight excluding hydrogens is 118 g/mol. The third-order valence-corrected chi connectivity index (χ3v) is 1.01. The Bertz CT molecular complexity index is 194. The molecule has 1 N–H and O–H groups in total. The fourth-order valence-corrected chi connectivity index (χ4v) is 0.502. The van der Waals surface area contributed by atoms with Gasteiger partial charge in [0.05, 0.1) is 0 Å². The van der Waals surface area contributed by atoms with E-state index >= 15 is 0 Å². The third-order valence-electron chi connectivity index (χ3n) is 1.01. The molecule has 0 aliphatic carbocycles. The van der Waals surface area contributed by atoms with Crippen LogP contribution in [0.4, 0.5) is 5.88 Å². The van der Waals surface area contributed by atoms with Crippen molar-refractivity contribution in [2.24, 2.45) is 0 Å². The van der Waals surface area contributed by atoms with Crippen molar-refractivity contribution in [3.8, 4) is 0 Å². The first-order valence-electron chi connectivity index (χ1n) is 2.80. The summed E-state index contributed by atoms with van der Waals surface area (Å²) >= 11 is 0. The average Bonchev–Trinajstić information content (AvgIpc) is 2.14. The van der Waals surface area contributed by atoms with Crippen molar-refractivity contribution in [3.63, 3.8) is 0 Å². The van der Waals surface area contributed by atoms with Gasteiger partial charge in [-0.25, -0.2) is 0 Å². The van der Waals surface area contributed by atoms with E-state index in [4.69, 9.17) is 5.73 Å². The first-order chi connectivity index (χ1) is 4.20. The summed E-state index contributed by atoms with van der Waals surface area (Å²) in [5, 5.41) is 3.57. The van der Waals surface area contributed by atoms with E-state index in [1.807, 2.05) is 13.8 Å². The molecule has 0 saturated heterocycles. The molecule has 1 heterocycles. The van der Waals surface area contributed by atoms with Gasteiger partial charge in [0.1, 0.15) is 5.88 Å². The maximum atomic E-state index is 6.96. The van der Waals surface area contributed by atoms with E-state index in [-0.39, 0.29) is 11.9 Å². The predicted molar refractivity (Wildman–Crippen MR) is 31.1 cm³/mol. The van der Waals surface area contributed by atoms with Crippen molar-refractivity contribution < 1.29 is 9.20 Å². The number of hydrogen-bond acceptors (Lipinski definition) is 2. The molecule has 0 aliphatic heterocycles. The minimum atomic E-state index is 0.101. The maximum Gasteiger partial charge on any atom is 0.222 e. The van der Waals surface area contributed by atoms with Crippen molar-refractivity contribution in [3.05, 3.63) is 11.9 Å². The molecule has 0 amide bonds. The van der Waals surface area contributed by atoms with Crippen molar-refractivity contribution in [1.29, 1.82) is 0 Å². The van der Waals surface area contributed by atoms with Gasteiger partial charge in [-0.05, 0) is 13.8 Å². The van der Waals surface area contributed by atoms with E-state index in [1.165, 1.54) is 0 Å². The van der Waals surface area contributed by atoms with Gasteiger partial charge in [-0.3, -0.25) is 0 Å². The minimum Gasteiger partial charge on any atom is -0.660 e. The lowest BCUT2D eigenvalue weighted by atomic mass is 10.4. The Hall–Kier alpha value is -1.06. The van der Waals surface area contributed by atoms with Gasteiger partial charge in [-0.2, -0.15) is 0 Å². The summed E-state index contributed by atoms with van der Waals surface area (Å²) < 4.78 is 6.10. The normalized spacial score (nSPS) is 10.6. The standard InChI is InChI=1S/C5H9N3O/c1-4(2)8-3-5(6)9-7-8/h3-4,6H,1-2H3. The molecular formula is C5H9N3O. The maximum absolute atomic E-state index is 6.96. The summed E-state index contributed by atoms with van der Waals surface area (Å²) in [6, 6.07) is 0.271. The highest BCUT2D eigenvalue weighted by Crippen LogP contribution is 2.03. The van der Waals surface area contributed by atoms with Crippen LogP contribution in [0.15, 0.2) is 10.7 Å². The molecule has 1 aromatic heterocycles. The van der Waals surface area contributed by atoms with Crippen LogP contribution in [0.3, 0.4) is 0 Å². The van der Waals surface area contributed by atoms with Crippen LogP contribution in [0, 0.1) is 0 Å². The van der Waals surface area contributed by atoms with Crippen LogP contribution >= 0.6 is 0 Å². The van der Waals surface area contributed by atoms with Crippen LogP contribution < -0.4 is 4.68 Å². The van der Waals surface area contributed by atoms with Crippen LogP contribution in [0.1, 0.15) is 19.9 Å². The molecule has 1 rings (SSSR count). The number of nitrogens with one attached hydrogen (secondary N) is 1. The number of nitrogens with zero attached hydrogens (tertiary/aromatic N) is 2. The van der Waals surface area contributed by atoms with Gasteiger partial charge < -0.3 is 10.3 Å². The van der Waals surface area contributed by atoms with Crippen molar-refractivity contribution in [2.75, 3.05) is 0 Å². The molecule has 4 nitrogen and oxygen atoms in total. The van der Waals surface area contributed by atoms with Gasteiger partial charge in [-0.15, -0.1) is 0 Å². The first kappa shape index (κ1) is 6.07. The molecule has 0 saturated carbocycles. The summed E-state index contributed by atoms with van der Waals surface area (Å²) in [6.45, 7) is 3.95. The highest BCUT2D eigenvalue weighted by Gasteiger charge is 2.08. The van der Waals surface area contributed by atoms with E-state index < -0.39 is 0 Å². The number of rotatable bonds is 1. The Labute approximate surface area is 53.2 Å². The Balaban J connectivity index is 2.85. The van der Waals surface area contributed by atoms with Crippen LogP contribution in [0.25, 0.3) is 5.73 Å². The van der Waals surface area contributed by atoms with E-state index in [0.717, 1.165) is 0 Å². The molecule has 0 aliphatic rings. The number of aromatic nitrogens is 2. The van der Waals surface area contributed by atoms with Crippen LogP contribution in [-0.2, 0) is 0 Å². The number of hydrogen-bond donors (Lipinski definition) is 0. The van der Waals surface area contributed by atoms with E-state index in [9.17, 15) is 0 Å². The second-order valence-electron chi connectivity index (χ2n) is 2.14. The quantitative estimate of drug-likeness (QED) is 0.532. The summed E-state index contributed by atoms with van der Waals surface area (Å²) in [4.78, 5) is 0. The lowest BCUT2D eigenvalue weighted by Gasteiger charge is -1.86. The Morgan fingerprint density at radius 2 is 2.44 bits per heavy atom. The Morgan fingerprint density at radius 3 is 2.67 bits per heavy atom. The summed E-state index contributed by atoms with van der Waals surface area (Å²) in [6.07, 6.45) is 1.55. The molecule has 0 radical (unpaired) electrons. The van der Waals surface area contributed by atoms with Gasteiger partial charge in [-0.1, -0.05) is 4.68 Å². The molecule has 0 unspecified atom stereocenters. The Kier molecular flexibility index (Phi) is 1.38. The zero-order valence-corrected chi connectivity index (χ0v) is 5.46. The minimum absolute atomic E-state index is 0.101.